The van der Waals surface area contributed by atoms with Gasteiger partial charge in [0, 0.05) is 17.8 Å². The molecule has 28 heavy (non-hydrogen) atoms. The van der Waals surface area contributed by atoms with Gasteiger partial charge in [0.2, 0.25) is 11.8 Å². The topological polar surface area (TPSA) is 83.6 Å². The molecule has 0 unspecified atom stereocenters. The molecule has 0 spiro atoms. The number of benzene rings is 1. The summed E-state index contributed by atoms with van der Waals surface area (Å²) < 4.78 is 5.13. The molecule has 1 aromatic carbocycles. The van der Waals surface area contributed by atoms with Crippen LogP contribution in [-0.2, 0) is 16.1 Å². The van der Waals surface area contributed by atoms with Crippen molar-refractivity contribution in [2.45, 2.75) is 26.3 Å². The normalized spacial score (nSPS) is 15.2. The van der Waals surface area contributed by atoms with Gasteiger partial charge in [-0.15, -0.1) is 11.3 Å². The van der Waals surface area contributed by atoms with Crippen molar-refractivity contribution in [1.82, 2.24) is 15.2 Å². The Kier molecular flexibility index (Phi) is 7.00. The van der Waals surface area contributed by atoms with E-state index >= 15 is 0 Å². The molecule has 0 bridgehead atoms. The van der Waals surface area contributed by atoms with E-state index in [1.54, 1.807) is 7.11 Å². The van der Waals surface area contributed by atoms with E-state index in [2.05, 4.69) is 20.5 Å². The van der Waals surface area contributed by atoms with Crippen molar-refractivity contribution in [2.75, 3.05) is 32.1 Å². The van der Waals surface area contributed by atoms with E-state index in [1.165, 1.54) is 11.3 Å². The number of hydrogen-bond donors (Lipinski definition) is 2. The second-order valence-corrected chi connectivity index (χ2v) is 7.82. The Morgan fingerprint density at radius 1 is 1.25 bits per heavy atom. The van der Waals surface area contributed by atoms with E-state index < -0.39 is 0 Å². The zero-order valence-corrected chi connectivity index (χ0v) is 17.1. The molecule has 150 valence electrons. The Hall–Kier alpha value is -2.45. The van der Waals surface area contributed by atoms with E-state index in [-0.39, 0.29) is 17.7 Å². The van der Waals surface area contributed by atoms with Gasteiger partial charge in [0.15, 0.2) is 5.13 Å². The first-order valence-corrected chi connectivity index (χ1v) is 10.3. The third-order valence-corrected chi connectivity index (χ3v) is 5.70. The number of aryl methyl sites for hydroxylation is 1. The third kappa shape index (κ3) is 5.77. The van der Waals surface area contributed by atoms with Crippen molar-refractivity contribution >= 4 is 28.3 Å². The van der Waals surface area contributed by atoms with Crippen LogP contribution < -0.4 is 15.4 Å². The number of piperidine rings is 1. The number of aromatic nitrogens is 1. The fraction of sp³-hybridized carbons (Fsp3) is 0.450. The van der Waals surface area contributed by atoms with E-state index in [1.807, 2.05) is 36.6 Å². The lowest BCUT2D eigenvalue weighted by Crippen LogP contribution is -2.43. The Balaban J connectivity index is 1.37. The maximum absolute atomic E-state index is 12.4. The summed E-state index contributed by atoms with van der Waals surface area (Å²) in [4.78, 5) is 30.9. The van der Waals surface area contributed by atoms with Crippen molar-refractivity contribution in [3.8, 4) is 5.75 Å². The molecule has 1 fully saturated rings. The van der Waals surface area contributed by atoms with Crippen LogP contribution in [0.1, 0.15) is 24.1 Å². The number of amides is 2. The number of hydrogen-bond acceptors (Lipinski definition) is 6. The fourth-order valence-corrected chi connectivity index (χ4v) is 3.87. The number of methoxy groups -OCH3 is 1. The number of nitrogens with one attached hydrogen (secondary N) is 2. The zero-order chi connectivity index (χ0) is 19.9. The lowest BCUT2D eigenvalue weighted by Gasteiger charge is -2.30. The molecule has 1 aliphatic heterocycles. The van der Waals surface area contributed by atoms with Gasteiger partial charge in [-0.05, 0) is 50.6 Å². The predicted octanol–water partition coefficient (Wildman–Crippen LogP) is 2.43. The highest BCUT2D eigenvalue weighted by Crippen LogP contribution is 2.21. The molecular formula is C20H26N4O3S. The molecule has 0 atom stereocenters. The number of carbonyl (C=O) groups is 2. The molecule has 2 amide bonds. The number of anilines is 1. The summed E-state index contributed by atoms with van der Waals surface area (Å²) in [5, 5.41) is 8.42. The van der Waals surface area contributed by atoms with E-state index in [9.17, 15) is 9.59 Å². The lowest BCUT2D eigenvalue weighted by atomic mass is 9.96. The highest BCUT2D eigenvalue weighted by atomic mass is 32.1. The Morgan fingerprint density at radius 3 is 2.57 bits per heavy atom. The molecule has 2 aromatic rings. The zero-order valence-electron chi connectivity index (χ0n) is 16.2. The molecule has 2 N–H and O–H groups in total. The molecule has 1 aromatic heterocycles. The molecule has 0 aliphatic carbocycles. The summed E-state index contributed by atoms with van der Waals surface area (Å²) in [6.07, 6.45) is 1.50. The van der Waals surface area contributed by atoms with Crippen molar-refractivity contribution in [2.24, 2.45) is 5.92 Å². The number of thiazole rings is 1. The molecular weight excluding hydrogens is 376 g/mol. The van der Waals surface area contributed by atoms with Crippen LogP contribution in [0, 0.1) is 12.8 Å². The van der Waals surface area contributed by atoms with Crippen LogP contribution in [0.5, 0.6) is 5.75 Å². The first-order valence-electron chi connectivity index (χ1n) is 9.38. The monoisotopic (exact) mass is 402 g/mol. The van der Waals surface area contributed by atoms with Crippen LogP contribution in [0.2, 0.25) is 0 Å². The van der Waals surface area contributed by atoms with Crippen LogP contribution in [-0.4, -0.2) is 48.4 Å². The molecule has 3 rings (SSSR count). The van der Waals surface area contributed by atoms with Crippen molar-refractivity contribution < 1.29 is 14.3 Å². The molecule has 0 saturated carbocycles. The minimum Gasteiger partial charge on any atom is -0.497 e. The molecule has 0 radical (unpaired) electrons. The number of rotatable bonds is 7. The molecule has 2 heterocycles. The molecule has 1 saturated heterocycles. The van der Waals surface area contributed by atoms with Crippen LogP contribution in [0.15, 0.2) is 29.6 Å². The SMILES string of the molecule is COc1ccc(CNC(=O)CN2CCC(C(=O)Nc3nc(C)cs3)CC2)cc1. The number of ether oxygens (including phenoxy) is 1. The van der Waals surface area contributed by atoms with Gasteiger partial charge < -0.3 is 15.4 Å². The van der Waals surface area contributed by atoms with Gasteiger partial charge in [-0.2, -0.15) is 0 Å². The van der Waals surface area contributed by atoms with Gasteiger partial charge in [-0.25, -0.2) is 4.98 Å². The third-order valence-electron chi connectivity index (χ3n) is 4.82. The number of carbonyl (C=O) groups excluding carboxylic acids is 2. The van der Waals surface area contributed by atoms with Crippen molar-refractivity contribution in [1.29, 1.82) is 0 Å². The minimum absolute atomic E-state index is 0.00280. The summed E-state index contributed by atoms with van der Waals surface area (Å²) in [7, 11) is 1.63. The average molecular weight is 403 g/mol. The van der Waals surface area contributed by atoms with Crippen LogP contribution in [0.4, 0.5) is 5.13 Å². The summed E-state index contributed by atoms with van der Waals surface area (Å²) >= 11 is 1.44. The van der Waals surface area contributed by atoms with E-state index in [0.29, 0.717) is 18.2 Å². The predicted molar refractivity (Wildman–Crippen MR) is 109 cm³/mol. The average Bonchev–Trinajstić information content (AvgIpc) is 3.12. The summed E-state index contributed by atoms with van der Waals surface area (Å²) in [6.45, 7) is 4.24. The van der Waals surface area contributed by atoms with Gasteiger partial charge in [0.05, 0.1) is 19.3 Å². The molecule has 7 nitrogen and oxygen atoms in total. The minimum atomic E-state index is -0.0252. The van der Waals surface area contributed by atoms with Crippen LogP contribution in [0.3, 0.4) is 0 Å². The largest absolute Gasteiger partial charge is 0.497 e. The smallest absolute Gasteiger partial charge is 0.234 e. The van der Waals surface area contributed by atoms with Gasteiger partial charge in [0.1, 0.15) is 5.75 Å². The first kappa shape index (κ1) is 20.3. The summed E-state index contributed by atoms with van der Waals surface area (Å²) in [5.41, 5.74) is 1.94. The highest BCUT2D eigenvalue weighted by molar-refractivity contribution is 7.13. The number of nitrogens with zero attached hydrogens (tertiary/aromatic N) is 2. The summed E-state index contributed by atoms with van der Waals surface area (Å²) in [6, 6.07) is 7.63. The van der Waals surface area contributed by atoms with E-state index in [0.717, 1.165) is 42.9 Å². The maximum Gasteiger partial charge on any atom is 0.234 e. The fourth-order valence-electron chi connectivity index (χ4n) is 3.18. The first-order chi connectivity index (χ1) is 13.5. The second-order valence-electron chi connectivity index (χ2n) is 6.96. The van der Waals surface area contributed by atoms with E-state index in [4.69, 9.17) is 4.74 Å². The van der Waals surface area contributed by atoms with Gasteiger partial charge in [-0.3, -0.25) is 14.5 Å². The maximum atomic E-state index is 12.4. The van der Waals surface area contributed by atoms with Crippen molar-refractivity contribution in [3.63, 3.8) is 0 Å². The highest BCUT2D eigenvalue weighted by Gasteiger charge is 2.26. The van der Waals surface area contributed by atoms with Crippen LogP contribution in [0.25, 0.3) is 0 Å². The Bertz CT molecular complexity index is 798. The lowest BCUT2D eigenvalue weighted by molar-refractivity contribution is -0.123. The quantitative estimate of drug-likeness (QED) is 0.743. The van der Waals surface area contributed by atoms with Gasteiger partial charge in [0.25, 0.3) is 0 Å². The van der Waals surface area contributed by atoms with Gasteiger partial charge >= 0.3 is 0 Å². The second kappa shape index (κ2) is 9.66. The standard InChI is InChI=1S/C20H26N4O3S/c1-14-13-28-20(22-14)23-19(26)16-7-9-24(10-8-16)12-18(25)21-11-15-3-5-17(27-2)6-4-15/h3-6,13,16H,7-12H2,1-2H3,(H,21,25)(H,22,23,26). The van der Waals surface area contributed by atoms with Crippen molar-refractivity contribution in [3.05, 3.63) is 40.9 Å². The number of likely N-dealkylation sites (tertiary alicyclic amines) is 1. The molecule has 1 aliphatic rings. The Labute approximate surface area is 169 Å². The Morgan fingerprint density at radius 2 is 1.96 bits per heavy atom. The van der Waals surface area contributed by atoms with Crippen LogP contribution >= 0.6 is 11.3 Å². The van der Waals surface area contributed by atoms with Gasteiger partial charge in [-0.1, -0.05) is 12.1 Å². The molecule has 8 heteroatoms. The summed E-state index contributed by atoms with van der Waals surface area (Å²) in [5.74, 6) is 0.796.